The normalized spacial score (nSPS) is 15.4. The van der Waals surface area contributed by atoms with Crippen LogP contribution in [0.1, 0.15) is 0 Å². The van der Waals surface area contributed by atoms with Crippen LogP contribution in [-0.4, -0.2) is 51.1 Å². The average Bonchev–Trinajstić information content (AvgIpc) is 3.00. The van der Waals surface area contributed by atoms with Crippen LogP contribution in [-0.2, 0) is 0 Å². The van der Waals surface area contributed by atoms with E-state index in [-0.39, 0.29) is 5.82 Å². The summed E-state index contributed by atoms with van der Waals surface area (Å²) in [6.07, 6.45) is 1.52. The van der Waals surface area contributed by atoms with Gasteiger partial charge < -0.3 is 10.2 Å². The summed E-state index contributed by atoms with van der Waals surface area (Å²) in [7, 11) is 0. The molecule has 112 valence electrons. The number of nitrogens with zero attached hydrogens (tertiary/aromatic N) is 6. The highest BCUT2D eigenvalue weighted by molar-refractivity contribution is 5.83. The summed E-state index contributed by atoms with van der Waals surface area (Å²) in [5.41, 5.74) is 2.00. The number of hydrogen-bond donors (Lipinski definition) is 1. The van der Waals surface area contributed by atoms with E-state index in [1.807, 2.05) is 0 Å². The van der Waals surface area contributed by atoms with E-state index in [4.69, 9.17) is 0 Å². The fourth-order valence-corrected chi connectivity index (χ4v) is 2.60. The smallest absolute Gasteiger partial charge is 0.189 e. The number of hydrogen-bond acceptors (Lipinski definition) is 6. The molecule has 2 aromatic heterocycles. The van der Waals surface area contributed by atoms with E-state index < -0.39 is 0 Å². The molecule has 1 N–H and O–H groups in total. The van der Waals surface area contributed by atoms with E-state index in [0.29, 0.717) is 16.9 Å². The Morgan fingerprint density at radius 1 is 1.05 bits per heavy atom. The molecule has 22 heavy (non-hydrogen) atoms. The number of fused-ring (bicyclic) bond motifs is 1. The van der Waals surface area contributed by atoms with Gasteiger partial charge in [0.25, 0.3) is 0 Å². The van der Waals surface area contributed by atoms with Crippen molar-refractivity contribution in [3.63, 3.8) is 0 Å². The number of nitrogens with one attached hydrogen (secondary N) is 1. The van der Waals surface area contributed by atoms with Crippen LogP contribution in [0.25, 0.3) is 16.9 Å². The maximum Gasteiger partial charge on any atom is 0.189 e. The van der Waals surface area contributed by atoms with Gasteiger partial charge in [-0.2, -0.15) is 4.68 Å². The monoisotopic (exact) mass is 299 g/mol. The van der Waals surface area contributed by atoms with Gasteiger partial charge in [0.15, 0.2) is 17.0 Å². The van der Waals surface area contributed by atoms with Gasteiger partial charge in [-0.3, -0.25) is 0 Å². The molecule has 0 aliphatic carbocycles. The highest BCUT2D eigenvalue weighted by Gasteiger charge is 2.19. The third kappa shape index (κ3) is 2.17. The molecule has 3 heterocycles. The summed E-state index contributed by atoms with van der Waals surface area (Å²) >= 11 is 0. The van der Waals surface area contributed by atoms with E-state index >= 15 is 0 Å². The zero-order chi connectivity index (χ0) is 14.9. The van der Waals surface area contributed by atoms with Crippen molar-refractivity contribution in [2.75, 3.05) is 31.1 Å². The van der Waals surface area contributed by atoms with Crippen LogP contribution in [0.2, 0.25) is 0 Å². The van der Waals surface area contributed by atoms with Crippen molar-refractivity contribution in [1.82, 2.24) is 30.3 Å². The van der Waals surface area contributed by atoms with Crippen LogP contribution in [0.3, 0.4) is 0 Å². The number of halogens is 1. The second-order valence-electron chi connectivity index (χ2n) is 5.08. The van der Waals surface area contributed by atoms with Crippen LogP contribution < -0.4 is 10.2 Å². The van der Waals surface area contributed by atoms with Crippen molar-refractivity contribution in [3.8, 4) is 5.69 Å². The molecule has 1 aliphatic rings. The van der Waals surface area contributed by atoms with E-state index in [1.165, 1.54) is 18.5 Å². The van der Waals surface area contributed by atoms with Crippen LogP contribution in [0.5, 0.6) is 0 Å². The van der Waals surface area contributed by atoms with Gasteiger partial charge in [0.2, 0.25) is 0 Å². The van der Waals surface area contributed by atoms with E-state index in [0.717, 1.165) is 32.0 Å². The third-order valence-corrected chi connectivity index (χ3v) is 3.71. The molecule has 7 nitrogen and oxygen atoms in total. The Morgan fingerprint density at radius 3 is 2.59 bits per heavy atom. The second-order valence-corrected chi connectivity index (χ2v) is 5.08. The SMILES string of the molecule is Fc1ccc(-n2nnc3c(N4CCNCC4)ncnc32)cc1. The first-order chi connectivity index (χ1) is 10.8. The standard InChI is InChI=1S/C14H14FN7/c15-10-1-3-11(4-2-10)22-14-12(19-20-22)13(17-9-18-14)21-7-5-16-6-8-21/h1-4,9,16H,5-8H2. The fraction of sp³-hybridized carbons (Fsp3) is 0.286. The van der Waals surface area contributed by atoms with E-state index in [2.05, 4.69) is 30.5 Å². The van der Waals surface area contributed by atoms with Gasteiger partial charge >= 0.3 is 0 Å². The Bertz CT molecular complexity index is 793. The second kappa shape index (κ2) is 5.30. The first kappa shape index (κ1) is 13.1. The Balaban J connectivity index is 1.80. The molecule has 3 aromatic rings. The quantitative estimate of drug-likeness (QED) is 0.753. The lowest BCUT2D eigenvalue weighted by atomic mass is 10.3. The summed E-state index contributed by atoms with van der Waals surface area (Å²) in [6.45, 7) is 3.57. The number of aromatic nitrogens is 5. The molecular formula is C14H14FN7. The molecule has 0 unspecified atom stereocenters. The van der Waals surface area contributed by atoms with Gasteiger partial charge in [-0.15, -0.1) is 5.10 Å². The summed E-state index contributed by atoms with van der Waals surface area (Å²) in [4.78, 5) is 10.8. The highest BCUT2D eigenvalue weighted by Crippen LogP contribution is 2.22. The van der Waals surface area contributed by atoms with Gasteiger partial charge in [0.1, 0.15) is 12.1 Å². The van der Waals surface area contributed by atoms with Gasteiger partial charge in [-0.05, 0) is 24.3 Å². The number of rotatable bonds is 2. The van der Waals surface area contributed by atoms with Crippen LogP contribution in [0, 0.1) is 5.82 Å². The van der Waals surface area contributed by atoms with Crippen LogP contribution in [0.15, 0.2) is 30.6 Å². The molecule has 0 spiro atoms. The lowest BCUT2D eigenvalue weighted by Gasteiger charge is -2.28. The Kier molecular flexibility index (Phi) is 3.15. The molecule has 0 bridgehead atoms. The molecule has 0 amide bonds. The molecule has 0 saturated carbocycles. The molecule has 1 fully saturated rings. The first-order valence-electron chi connectivity index (χ1n) is 7.11. The Labute approximate surface area is 125 Å². The van der Waals surface area contributed by atoms with Crippen molar-refractivity contribution in [2.24, 2.45) is 0 Å². The van der Waals surface area contributed by atoms with E-state index in [9.17, 15) is 4.39 Å². The molecule has 1 aliphatic heterocycles. The largest absolute Gasteiger partial charge is 0.352 e. The van der Waals surface area contributed by atoms with Crippen molar-refractivity contribution in [2.45, 2.75) is 0 Å². The minimum Gasteiger partial charge on any atom is -0.352 e. The van der Waals surface area contributed by atoms with Crippen molar-refractivity contribution >= 4 is 17.0 Å². The van der Waals surface area contributed by atoms with Crippen molar-refractivity contribution in [1.29, 1.82) is 0 Å². The molecule has 0 atom stereocenters. The molecule has 4 rings (SSSR count). The average molecular weight is 299 g/mol. The predicted molar refractivity (Wildman–Crippen MR) is 79.5 cm³/mol. The van der Waals surface area contributed by atoms with Gasteiger partial charge in [-0.1, -0.05) is 5.21 Å². The highest BCUT2D eigenvalue weighted by atomic mass is 19.1. The molecular weight excluding hydrogens is 285 g/mol. The number of benzene rings is 1. The molecule has 1 aromatic carbocycles. The minimum absolute atomic E-state index is 0.288. The lowest BCUT2D eigenvalue weighted by molar-refractivity contribution is 0.585. The molecule has 1 saturated heterocycles. The zero-order valence-electron chi connectivity index (χ0n) is 11.8. The fourth-order valence-electron chi connectivity index (χ4n) is 2.60. The van der Waals surface area contributed by atoms with Crippen molar-refractivity contribution in [3.05, 3.63) is 36.4 Å². The van der Waals surface area contributed by atoms with Gasteiger partial charge in [-0.25, -0.2) is 14.4 Å². The summed E-state index contributed by atoms with van der Waals surface area (Å²) in [5, 5.41) is 11.7. The van der Waals surface area contributed by atoms with Gasteiger partial charge in [0, 0.05) is 26.2 Å². The summed E-state index contributed by atoms with van der Waals surface area (Å²) in [6, 6.07) is 6.08. The number of piperazine rings is 1. The first-order valence-corrected chi connectivity index (χ1v) is 7.11. The maximum atomic E-state index is 13.1. The lowest BCUT2D eigenvalue weighted by Crippen LogP contribution is -2.44. The van der Waals surface area contributed by atoms with E-state index in [1.54, 1.807) is 16.8 Å². The molecule has 8 heteroatoms. The Hall–Kier alpha value is -2.61. The topological polar surface area (TPSA) is 71.8 Å². The van der Waals surface area contributed by atoms with Crippen molar-refractivity contribution < 1.29 is 4.39 Å². The Morgan fingerprint density at radius 2 is 1.82 bits per heavy atom. The molecule has 0 radical (unpaired) electrons. The van der Waals surface area contributed by atoms with Crippen LogP contribution in [0.4, 0.5) is 10.2 Å². The third-order valence-electron chi connectivity index (χ3n) is 3.71. The summed E-state index contributed by atoms with van der Waals surface area (Å²) in [5.74, 6) is 0.504. The summed E-state index contributed by atoms with van der Waals surface area (Å²) < 4.78 is 14.7. The van der Waals surface area contributed by atoms with Crippen LogP contribution >= 0.6 is 0 Å². The predicted octanol–water partition coefficient (Wildman–Crippen LogP) is 0.759. The van der Waals surface area contributed by atoms with Gasteiger partial charge in [0.05, 0.1) is 5.69 Å². The zero-order valence-corrected chi connectivity index (χ0v) is 11.8. The maximum absolute atomic E-state index is 13.1. The minimum atomic E-state index is -0.288. The number of anilines is 1.